The molecule has 0 aliphatic carbocycles. The average molecular weight is 268 g/mol. The third-order valence-electron chi connectivity index (χ3n) is 3.31. The molecule has 0 fully saturated rings. The Labute approximate surface area is 119 Å². The first-order chi connectivity index (χ1) is 9.47. The molecule has 0 atom stereocenters. The SMILES string of the molecule is CC(C)c1nc(-c2ccccc2C#N)c(N)n1C(C)C. The normalized spacial score (nSPS) is 11.1. The lowest BCUT2D eigenvalue weighted by molar-refractivity contribution is 0.556. The van der Waals surface area contributed by atoms with Gasteiger partial charge in [0.15, 0.2) is 0 Å². The topological polar surface area (TPSA) is 67.6 Å². The van der Waals surface area contributed by atoms with Crippen molar-refractivity contribution in [3.63, 3.8) is 0 Å². The molecule has 20 heavy (non-hydrogen) atoms. The molecule has 1 heterocycles. The van der Waals surface area contributed by atoms with Crippen LogP contribution in [-0.2, 0) is 0 Å². The maximum atomic E-state index is 9.24. The van der Waals surface area contributed by atoms with Gasteiger partial charge in [-0.25, -0.2) is 4.98 Å². The fourth-order valence-electron chi connectivity index (χ4n) is 2.40. The molecule has 0 aliphatic rings. The Morgan fingerprint density at radius 3 is 2.35 bits per heavy atom. The number of anilines is 1. The van der Waals surface area contributed by atoms with E-state index in [0.717, 1.165) is 11.4 Å². The van der Waals surface area contributed by atoms with Crippen LogP contribution in [0, 0.1) is 11.3 Å². The molecule has 0 amide bonds. The smallest absolute Gasteiger partial charge is 0.132 e. The largest absolute Gasteiger partial charge is 0.383 e. The molecular formula is C16H20N4. The fraction of sp³-hybridized carbons (Fsp3) is 0.375. The van der Waals surface area contributed by atoms with Crippen LogP contribution in [0.15, 0.2) is 24.3 Å². The van der Waals surface area contributed by atoms with Crippen molar-refractivity contribution in [2.75, 3.05) is 5.73 Å². The van der Waals surface area contributed by atoms with Crippen molar-refractivity contribution in [3.8, 4) is 17.3 Å². The van der Waals surface area contributed by atoms with Crippen molar-refractivity contribution in [2.24, 2.45) is 0 Å². The lowest BCUT2D eigenvalue weighted by Crippen LogP contribution is -2.10. The molecule has 0 aliphatic heterocycles. The molecule has 0 bridgehead atoms. The second kappa shape index (κ2) is 5.38. The number of imidazole rings is 1. The van der Waals surface area contributed by atoms with E-state index in [2.05, 4.69) is 33.8 Å². The van der Waals surface area contributed by atoms with Gasteiger partial charge in [-0.1, -0.05) is 32.0 Å². The Balaban J connectivity index is 2.71. The van der Waals surface area contributed by atoms with E-state index in [-0.39, 0.29) is 12.0 Å². The van der Waals surface area contributed by atoms with Crippen LogP contribution >= 0.6 is 0 Å². The van der Waals surface area contributed by atoms with Gasteiger partial charge >= 0.3 is 0 Å². The maximum Gasteiger partial charge on any atom is 0.132 e. The monoisotopic (exact) mass is 268 g/mol. The second-order valence-electron chi connectivity index (χ2n) is 5.48. The molecule has 0 saturated heterocycles. The molecule has 2 N–H and O–H groups in total. The highest BCUT2D eigenvalue weighted by atomic mass is 15.2. The summed E-state index contributed by atoms with van der Waals surface area (Å²) < 4.78 is 2.05. The van der Waals surface area contributed by atoms with Crippen molar-refractivity contribution < 1.29 is 0 Å². The Morgan fingerprint density at radius 1 is 1.20 bits per heavy atom. The quantitative estimate of drug-likeness (QED) is 0.922. The maximum absolute atomic E-state index is 9.24. The highest BCUT2D eigenvalue weighted by Gasteiger charge is 2.21. The Bertz CT molecular complexity index is 660. The van der Waals surface area contributed by atoms with Crippen molar-refractivity contribution in [3.05, 3.63) is 35.7 Å². The first kappa shape index (κ1) is 14.1. The van der Waals surface area contributed by atoms with Crippen LogP contribution in [0.1, 0.15) is 51.0 Å². The van der Waals surface area contributed by atoms with E-state index in [1.807, 2.05) is 22.8 Å². The van der Waals surface area contributed by atoms with E-state index < -0.39 is 0 Å². The standard InChI is InChI=1S/C16H20N4/c1-10(2)16-19-14(15(18)20(16)11(3)4)13-8-6-5-7-12(13)9-17/h5-8,10-11H,18H2,1-4H3. The van der Waals surface area contributed by atoms with Crippen LogP contribution in [0.25, 0.3) is 11.3 Å². The molecule has 2 aromatic rings. The van der Waals surface area contributed by atoms with Crippen LogP contribution in [0.4, 0.5) is 5.82 Å². The molecule has 104 valence electrons. The minimum Gasteiger partial charge on any atom is -0.383 e. The summed E-state index contributed by atoms with van der Waals surface area (Å²) in [6, 6.07) is 9.88. The zero-order valence-electron chi connectivity index (χ0n) is 12.4. The Morgan fingerprint density at radius 2 is 1.85 bits per heavy atom. The van der Waals surface area contributed by atoms with Gasteiger partial charge in [0.25, 0.3) is 0 Å². The Kier molecular flexibility index (Phi) is 3.80. The number of nitriles is 1. The summed E-state index contributed by atoms with van der Waals surface area (Å²) in [6.07, 6.45) is 0. The summed E-state index contributed by atoms with van der Waals surface area (Å²) in [5, 5.41) is 9.24. The van der Waals surface area contributed by atoms with Gasteiger partial charge in [0.1, 0.15) is 17.3 Å². The van der Waals surface area contributed by atoms with Crippen molar-refractivity contribution in [2.45, 2.75) is 39.7 Å². The van der Waals surface area contributed by atoms with Crippen LogP contribution in [0.5, 0.6) is 0 Å². The molecule has 1 aromatic carbocycles. The lowest BCUT2D eigenvalue weighted by atomic mass is 10.1. The molecule has 4 heteroatoms. The number of nitrogens with zero attached hydrogens (tertiary/aromatic N) is 3. The first-order valence-corrected chi connectivity index (χ1v) is 6.84. The highest BCUT2D eigenvalue weighted by Crippen LogP contribution is 2.33. The van der Waals surface area contributed by atoms with Gasteiger partial charge in [0.2, 0.25) is 0 Å². The van der Waals surface area contributed by atoms with E-state index in [4.69, 9.17) is 10.7 Å². The summed E-state index contributed by atoms with van der Waals surface area (Å²) in [4.78, 5) is 4.70. The fourth-order valence-corrected chi connectivity index (χ4v) is 2.40. The highest BCUT2D eigenvalue weighted by molar-refractivity contribution is 5.76. The summed E-state index contributed by atoms with van der Waals surface area (Å²) in [5.74, 6) is 1.87. The molecule has 0 radical (unpaired) electrons. The number of nitrogen functional groups attached to an aromatic ring is 1. The van der Waals surface area contributed by atoms with E-state index in [9.17, 15) is 5.26 Å². The van der Waals surface area contributed by atoms with Gasteiger partial charge in [-0.2, -0.15) is 5.26 Å². The molecule has 0 unspecified atom stereocenters. The first-order valence-electron chi connectivity index (χ1n) is 6.84. The molecule has 0 saturated carbocycles. The predicted octanol–water partition coefficient (Wildman–Crippen LogP) is 3.71. The summed E-state index contributed by atoms with van der Waals surface area (Å²) in [6.45, 7) is 8.37. The average Bonchev–Trinajstić information content (AvgIpc) is 2.76. The Hall–Kier alpha value is -2.28. The van der Waals surface area contributed by atoms with Crippen LogP contribution in [0.2, 0.25) is 0 Å². The predicted molar refractivity (Wildman–Crippen MR) is 81.3 cm³/mol. The van der Waals surface area contributed by atoms with Crippen molar-refractivity contribution in [1.82, 2.24) is 9.55 Å². The van der Waals surface area contributed by atoms with Crippen molar-refractivity contribution >= 4 is 5.82 Å². The summed E-state index contributed by atoms with van der Waals surface area (Å²) >= 11 is 0. The number of rotatable bonds is 3. The van der Waals surface area contributed by atoms with Crippen LogP contribution < -0.4 is 5.73 Å². The van der Waals surface area contributed by atoms with E-state index in [1.165, 1.54) is 0 Å². The van der Waals surface area contributed by atoms with Gasteiger partial charge in [0, 0.05) is 17.5 Å². The van der Waals surface area contributed by atoms with E-state index in [0.29, 0.717) is 17.1 Å². The third-order valence-corrected chi connectivity index (χ3v) is 3.31. The number of nitrogens with two attached hydrogens (primary N) is 1. The van der Waals surface area contributed by atoms with Crippen LogP contribution in [-0.4, -0.2) is 9.55 Å². The summed E-state index contributed by atoms with van der Waals surface area (Å²) in [7, 11) is 0. The number of hydrogen-bond acceptors (Lipinski definition) is 3. The number of aromatic nitrogens is 2. The zero-order valence-corrected chi connectivity index (χ0v) is 12.4. The van der Waals surface area contributed by atoms with Gasteiger partial charge in [0.05, 0.1) is 11.6 Å². The third kappa shape index (κ3) is 2.27. The lowest BCUT2D eigenvalue weighted by Gasteiger charge is -2.15. The summed E-state index contributed by atoms with van der Waals surface area (Å²) in [5.41, 5.74) is 8.40. The second-order valence-corrected chi connectivity index (χ2v) is 5.48. The molecular weight excluding hydrogens is 248 g/mol. The van der Waals surface area contributed by atoms with Crippen molar-refractivity contribution in [1.29, 1.82) is 5.26 Å². The number of benzene rings is 1. The molecule has 0 spiro atoms. The minimum absolute atomic E-state index is 0.239. The minimum atomic E-state index is 0.239. The van der Waals surface area contributed by atoms with Gasteiger partial charge in [-0.05, 0) is 19.9 Å². The van der Waals surface area contributed by atoms with E-state index in [1.54, 1.807) is 6.07 Å². The zero-order chi connectivity index (χ0) is 14.9. The molecule has 1 aromatic heterocycles. The van der Waals surface area contributed by atoms with Gasteiger partial charge in [-0.3, -0.25) is 0 Å². The van der Waals surface area contributed by atoms with Crippen LogP contribution in [0.3, 0.4) is 0 Å². The molecule has 2 rings (SSSR count). The van der Waals surface area contributed by atoms with E-state index >= 15 is 0 Å². The number of hydrogen-bond donors (Lipinski definition) is 1. The van der Waals surface area contributed by atoms with Gasteiger partial charge < -0.3 is 10.3 Å². The van der Waals surface area contributed by atoms with Gasteiger partial charge in [-0.15, -0.1) is 0 Å². The molecule has 4 nitrogen and oxygen atoms in total.